The highest BCUT2D eigenvalue weighted by atomic mass is 31.2. The van der Waals surface area contributed by atoms with E-state index in [1.165, 1.54) is 14.2 Å². The Hall–Kier alpha value is -3.37. The maximum atomic E-state index is 13.5. The molecule has 0 amide bonds. The Morgan fingerprint density at radius 1 is 0.724 bits per heavy atom. The number of ether oxygens (including phenoxy) is 2. The summed E-state index contributed by atoms with van der Waals surface area (Å²) in [5.41, 5.74) is 0.408. The van der Waals surface area contributed by atoms with Gasteiger partial charge in [0, 0.05) is 0 Å². The van der Waals surface area contributed by atoms with E-state index in [1.807, 2.05) is 12.1 Å². The van der Waals surface area contributed by atoms with E-state index in [9.17, 15) is 4.57 Å². The van der Waals surface area contributed by atoms with E-state index in [0.717, 1.165) is 0 Å². The van der Waals surface area contributed by atoms with Crippen LogP contribution in [0.3, 0.4) is 0 Å². The Balaban J connectivity index is 1.95. The largest absolute Gasteiger partial charge is 0.647 e. The van der Waals surface area contributed by atoms with Crippen molar-refractivity contribution in [2.45, 2.75) is 0 Å². The molecule has 0 aliphatic carbocycles. The summed E-state index contributed by atoms with van der Waals surface area (Å²) in [6, 6.07) is 22.4. The normalized spacial score (nSPS) is 10.7. The fourth-order valence-corrected chi connectivity index (χ4v) is 3.82. The number of hydrogen-bond donors (Lipinski definition) is 0. The Morgan fingerprint density at radius 2 is 1.17 bits per heavy atom. The molecule has 7 heteroatoms. The van der Waals surface area contributed by atoms with Crippen molar-refractivity contribution < 1.29 is 27.6 Å². The number of methoxy groups -OCH3 is 2. The number of phosphoric ester groups is 1. The lowest BCUT2D eigenvalue weighted by Gasteiger charge is -2.22. The molecule has 3 aromatic rings. The van der Waals surface area contributed by atoms with Crippen LogP contribution >= 0.6 is 7.82 Å². The quantitative estimate of drug-likeness (QED) is 0.319. The second-order valence-corrected chi connectivity index (χ2v) is 7.25. The fourth-order valence-electron chi connectivity index (χ4n) is 2.58. The highest BCUT2D eigenvalue weighted by Crippen LogP contribution is 2.53. The summed E-state index contributed by atoms with van der Waals surface area (Å²) in [7, 11) is -1.14. The second-order valence-electron chi connectivity index (χ2n) is 5.81. The van der Waals surface area contributed by atoms with E-state index in [0.29, 0.717) is 28.6 Å². The topological polar surface area (TPSA) is 63.2 Å². The van der Waals surface area contributed by atoms with Gasteiger partial charge >= 0.3 is 7.82 Å². The molecule has 0 fully saturated rings. The Kier molecular flexibility index (Phi) is 6.47. The monoisotopic (exact) mass is 412 g/mol. The Labute approximate surface area is 169 Å². The number of para-hydroxylation sites is 2. The minimum Gasteiger partial charge on any atom is -0.496 e. The van der Waals surface area contributed by atoms with Gasteiger partial charge in [-0.3, -0.25) is 0 Å². The van der Waals surface area contributed by atoms with Crippen LogP contribution in [0.15, 0.2) is 85.4 Å². The van der Waals surface area contributed by atoms with E-state index < -0.39 is 7.82 Å². The van der Waals surface area contributed by atoms with Crippen LogP contribution in [0.2, 0.25) is 0 Å². The lowest BCUT2D eigenvalue weighted by atomic mass is 10.1. The number of hydrogen-bond acceptors (Lipinski definition) is 6. The molecule has 0 spiro atoms. The van der Waals surface area contributed by atoms with Crippen LogP contribution in [-0.2, 0) is 9.09 Å². The van der Waals surface area contributed by atoms with Crippen molar-refractivity contribution in [2.75, 3.05) is 14.2 Å². The number of benzene rings is 3. The van der Waals surface area contributed by atoms with Crippen molar-refractivity contribution >= 4 is 13.6 Å². The van der Waals surface area contributed by atoms with Crippen molar-refractivity contribution in [3.05, 3.63) is 91.0 Å². The lowest BCUT2D eigenvalue weighted by Crippen LogP contribution is -2.06. The molecule has 0 unspecified atom stereocenters. The van der Waals surface area contributed by atoms with Crippen LogP contribution in [0.5, 0.6) is 23.0 Å². The predicted molar refractivity (Wildman–Crippen MR) is 111 cm³/mol. The molecular weight excluding hydrogens is 391 g/mol. The van der Waals surface area contributed by atoms with E-state index in [1.54, 1.807) is 66.7 Å². The highest BCUT2D eigenvalue weighted by Gasteiger charge is 2.35. The van der Waals surface area contributed by atoms with Gasteiger partial charge in [0.1, 0.15) is 34.3 Å². The molecule has 0 heterocycles. The first kappa shape index (κ1) is 20.4. The molecule has 0 aliphatic rings. The molecule has 0 atom stereocenters. The van der Waals surface area contributed by atoms with Gasteiger partial charge < -0.3 is 23.0 Å². The molecule has 3 aromatic carbocycles. The third-order valence-electron chi connectivity index (χ3n) is 3.85. The highest BCUT2D eigenvalue weighted by molar-refractivity contribution is 7.49. The van der Waals surface area contributed by atoms with Gasteiger partial charge in [-0.2, -0.15) is 4.57 Å². The average Bonchev–Trinajstić information content (AvgIpc) is 2.74. The van der Waals surface area contributed by atoms with Crippen LogP contribution in [-0.4, -0.2) is 14.2 Å². The Bertz CT molecular complexity index is 937. The van der Waals surface area contributed by atoms with Crippen molar-refractivity contribution in [3.8, 4) is 23.0 Å². The van der Waals surface area contributed by atoms with Crippen molar-refractivity contribution in [3.63, 3.8) is 0 Å². The molecule has 6 nitrogen and oxygen atoms in total. The van der Waals surface area contributed by atoms with Gasteiger partial charge in [-0.25, -0.2) is 0 Å². The Morgan fingerprint density at radius 3 is 1.59 bits per heavy atom. The molecule has 0 radical (unpaired) electrons. The smallest absolute Gasteiger partial charge is 0.496 e. The molecule has 0 saturated carbocycles. The van der Waals surface area contributed by atoms with Crippen molar-refractivity contribution in [2.24, 2.45) is 0 Å². The molecule has 3 rings (SSSR count). The van der Waals surface area contributed by atoms with E-state index in [2.05, 4.69) is 6.58 Å². The standard InChI is InChI=1S/C22H21O6P/c1-17(22-20(24-2)15-10-16-21(22)25-3)26-29(23,27-18-11-6-4-7-12-18)28-19-13-8-5-9-14-19/h4-16H,1H2,2-3H3. The SMILES string of the molecule is C=C(OP(=O)(Oc1ccccc1)Oc1ccccc1)c1c(OC)cccc1OC. The van der Waals surface area contributed by atoms with E-state index >= 15 is 0 Å². The van der Waals surface area contributed by atoms with Gasteiger partial charge in [-0.1, -0.05) is 49.0 Å². The van der Waals surface area contributed by atoms with Crippen LogP contribution in [0.4, 0.5) is 0 Å². The average molecular weight is 412 g/mol. The molecule has 0 bridgehead atoms. The van der Waals surface area contributed by atoms with E-state index in [4.69, 9.17) is 23.0 Å². The summed E-state index contributed by atoms with van der Waals surface area (Å²) < 4.78 is 41.2. The zero-order chi connectivity index (χ0) is 20.7. The summed E-state index contributed by atoms with van der Waals surface area (Å²) in [5, 5.41) is 0. The first-order valence-corrected chi connectivity index (χ1v) is 10.2. The second kappa shape index (κ2) is 9.22. The molecule has 0 N–H and O–H groups in total. The first-order chi connectivity index (χ1) is 14.0. The maximum Gasteiger partial charge on any atom is 0.647 e. The van der Waals surface area contributed by atoms with Gasteiger partial charge in [-0.05, 0) is 36.4 Å². The summed E-state index contributed by atoms with van der Waals surface area (Å²) in [6.45, 7) is 3.90. The van der Waals surface area contributed by atoms with Crippen LogP contribution in [0.1, 0.15) is 5.56 Å². The van der Waals surface area contributed by atoms with Gasteiger partial charge in [0.05, 0.1) is 14.2 Å². The lowest BCUT2D eigenvalue weighted by molar-refractivity contribution is 0.283. The van der Waals surface area contributed by atoms with Gasteiger partial charge in [0.2, 0.25) is 0 Å². The van der Waals surface area contributed by atoms with Crippen LogP contribution in [0, 0.1) is 0 Å². The van der Waals surface area contributed by atoms with E-state index in [-0.39, 0.29) is 5.76 Å². The predicted octanol–water partition coefficient (Wildman–Crippen LogP) is 5.96. The zero-order valence-corrected chi connectivity index (χ0v) is 17.0. The minimum atomic E-state index is -4.16. The summed E-state index contributed by atoms with van der Waals surface area (Å²) in [5.74, 6) is 1.56. The summed E-state index contributed by atoms with van der Waals surface area (Å²) in [6.07, 6.45) is 0. The molecular formula is C22H21O6P. The van der Waals surface area contributed by atoms with Crippen molar-refractivity contribution in [1.82, 2.24) is 0 Å². The zero-order valence-electron chi connectivity index (χ0n) is 16.1. The molecule has 0 aliphatic heterocycles. The summed E-state index contributed by atoms with van der Waals surface area (Å²) >= 11 is 0. The van der Waals surface area contributed by atoms with Crippen LogP contribution < -0.4 is 18.5 Å². The number of phosphoric acid groups is 1. The van der Waals surface area contributed by atoms with Gasteiger partial charge in [-0.15, -0.1) is 0 Å². The molecule has 0 saturated heterocycles. The third kappa shape index (κ3) is 5.12. The molecule has 29 heavy (non-hydrogen) atoms. The number of rotatable bonds is 9. The fraction of sp³-hybridized carbons (Fsp3) is 0.0909. The maximum absolute atomic E-state index is 13.5. The summed E-state index contributed by atoms with van der Waals surface area (Å²) in [4.78, 5) is 0. The van der Waals surface area contributed by atoms with Crippen LogP contribution in [0.25, 0.3) is 5.76 Å². The minimum absolute atomic E-state index is 0.0227. The molecule has 150 valence electrons. The van der Waals surface area contributed by atoms with Crippen molar-refractivity contribution in [1.29, 1.82) is 0 Å². The van der Waals surface area contributed by atoms with Gasteiger partial charge in [0.15, 0.2) is 0 Å². The van der Waals surface area contributed by atoms with Gasteiger partial charge in [0.25, 0.3) is 0 Å². The molecule has 0 aromatic heterocycles. The third-order valence-corrected chi connectivity index (χ3v) is 5.16. The first-order valence-electron chi connectivity index (χ1n) is 8.74.